The lowest BCUT2D eigenvalue weighted by Crippen LogP contribution is -2.28. The number of aryl methyl sites for hydroxylation is 2. The molecule has 82 valence electrons. The molecule has 0 unspecified atom stereocenters. The molecule has 1 aromatic carbocycles. The molecule has 1 fully saturated rings. The van der Waals surface area contributed by atoms with Crippen LogP contribution >= 0.6 is 0 Å². The molecule has 0 heterocycles. The number of aliphatic hydroxyl groups is 1. The minimum absolute atomic E-state index is 0.176. The van der Waals surface area contributed by atoms with Crippen molar-refractivity contribution >= 4 is 5.69 Å². The average molecular weight is 205 g/mol. The lowest BCUT2D eigenvalue weighted by Gasteiger charge is -2.19. The van der Waals surface area contributed by atoms with Crippen molar-refractivity contribution < 1.29 is 5.11 Å². The van der Waals surface area contributed by atoms with Crippen LogP contribution in [0.25, 0.3) is 0 Å². The second-order valence-corrected chi connectivity index (χ2v) is 4.57. The summed E-state index contributed by atoms with van der Waals surface area (Å²) in [6.07, 6.45) is 2.96. The minimum Gasteiger partial charge on any atom is -0.391 e. The fourth-order valence-corrected chi connectivity index (χ4v) is 2.20. The molecule has 1 aliphatic carbocycles. The maximum absolute atomic E-state index is 9.75. The predicted octanol–water partition coefficient (Wildman–Crippen LogP) is 2.63. The van der Waals surface area contributed by atoms with Crippen molar-refractivity contribution in [2.45, 2.75) is 45.3 Å². The Morgan fingerprint density at radius 2 is 2.07 bits per heavy atom. The first-order chi connectivity index (χ1) is 7.16. The van der Waals surface area contributed by atoms with E-state index in [1.54, 1.807) is 0 Å². The van der Waals surface area contributed by atoms with Gasteiger partial charge in [-0.1, -0.05) is 12.1 Å². The van der Waals surface area contributed by atoms with Crippen LogP contribution in [0.15, 0.2) is 18.2 Å². The quantitative estimate of drug-likeness (QED) is 0.778. The summed E-state index contributed by atoms with van der Waals surface area (Å²) >= 11 is 0. The molecule has 0 bridgehead atoms. The van der Waals surface area contributed by atoms with E-state index in [2.05, 4.69) is 37.4 Å². The van der Waals surface area contributed by atoms with E-state index in [4.69, 9.17) is 0 Å². The van der Waals surface area contributed by atoms with E-state index >= 15 is 0 Å². The summed E-state index contributed by atoms with van der Waals surface area (Å²) in [5, 5.41) is 13.2. The first-order valence-corrected chi connectivity index (χ1v) is 5.68. The van der Waals surface area contributed by atoms with Crippen molar-refractivity contribution in [3.8, 4) is 0 Å². The van der Waals surface area contributed by atoms with E-state index in [1.807, 2.05) is 0 Å². The van der Waals surface area contributed by atoms with E-state index < -0.39 is 0 Å². The van der Waals surface area contributed by atoms with Crippen LogP contribution in [0.1, 0.15) is 30.4 Å². The Balaban J connectivity index is 2.12. The van der Waals surface area contributed by atoms with E-state index in [-0.39, 0.29) is 12.1 Å². The van der Waals surface area contributed by atoms with Gasteiger partial charge < -0.3 is 10.4 Å². The van der Waals surface area contributed by atoms with Crippen molar-refractivity contribution in [3.63, 3.8) is 0 Å². The summed E-state index contributed by atoms with van der Waals surface area (Å²) < 4.78 is 0. The largest absolute Gasteiger partial charge is 0.391 e. The molecule has 1 aliphatic rings. The summed E-state index contributed by atoms with van der Waals surface area (Å²) in [6.45, 7) is 4.19. The van der Waals surface area contributed by atoms with Crippen LogP contribution in [0.2, 0.25) is 0 Å². The molecule has 0 amide bonds. The summed E-state index contributed by atoms with van der Waals surface area (Å²) in [6, 6.07) is 6.64. The third kappa shape index (κ3) is 2.32. The number of anilines is 1. The highest BCUT2D eigenvalue weighted by molar-refractivity contribution is 5.53. The van der Waals surface area contributed by atoms with Gasteiger partial charge in [-0.2, -0.15) is 0 Å². The SMILES string of the molecule is Cc1ccc(C)c(N[C@H]2CCC[C@@H]2O)c1. The Hall–Kier alpha value is -1.02. The van der Waals surface area contributed by atoms with Crippen molar-refractivity contribution in [3.05, 3.63) is 29.3 Å². The standard InChI is InChI=1S/C13H19NO/c1-9-6-7-10(2)12(8-9)14-11-4-3-5-13(11)15/h6-8,11,13-15H,3-5H2,1-2H3/t11-,13-/m0/s1. The Labute approximate surface area is 91.3 Å². The Bertz CT molecular complexity index is 348. The second-order valence-electron chi connectivity index (χ2n) is 4.57. The van der Waals surface area contributed by atoms with Crippen LogP contribution in [0.5, 0.6) is 0 Å². The van der Waals surface area contributed by atoms with E-state index in [0.29, 0.717) is 0 Å². The molecule has 2 rings (SSSR count). The average Bonchev–Trinajstić information content (AvgIpc) is 2.58. The van der Waals surface area contributed by atoms with Crippen molar-refractivity contribution in [1.82, 2.24) is 0 Å². The van der Waals surface area contributed by atoms with Crippen molar-refractivity contribution in [2.75, 3.05) is 5.32 Å². The molecule has 0 saturated heterocycles. The van der Waals surface area contributed by atoms with Gasteiger partial charge in [-0.3, -0.25) is 0 Å². The number of benzene rings is 1. The van der Waals surface area contributed by atoms with Crippen molar-refractivity contribution in [1.29, 1.82) is 0 Å². The van der Waals surface area contributed by atoms with Gasteiger partial charge in [-0.05, 0) is 50.3 Å². The van der Waals surface area contributed by atoms with Crippen LogP contribution < -0.4 is 5.32 Å². The van der Waals surface area contributed by atoms with Crippen molar-refractivity contribution in [2.24, 2.45) is 0 Å². The lowest BCUT2D eigenvalue weighted by atomic mass is 10.1. The van der Waals surface area contributed by atoms with Gasteiger partial charge in [0.05, 0.1) is 12.1 Å². The van der Waals surface area contributed by atoms with Gasteiger partial charge in [-0.25, -0.2) is 0 Å². The third-order valence-electron chi connectivity index (χ3n) is 3.21. The van der Waals surface area contributed by atoms with Crippen LogP contribution in [-0.2, 0) is 0 Å². The third-order valence-corrected chi connectivity index (χ3v) is 3.21. The fraction of sp³-hybridized carbons (Fsp3) is 0.538. The summed E-state index contributed by atoms with van der Waals surface area (Å²) in [5.41, 5.74) is 3.68. The molecular weight excluding hydrogens is 186 g/mol. The molecule has 1 saturated carbocycles. The number of aliphatic hydroxyl groups excluding tert-OH is 1. The van der Waals surface area contributed by atoms with Gasteiger partial charge in [0.2, 0.25) is 0 Å². The number of hydrogen-bond donors (Lipinski definition) is 2. The predicted molar refractivity (Wildman–Crippen MR) is 63.2 cm³/mol. The number of nitrogens with one attached hydrogen (secondary N) is 1. The van der Waals surface area contributed by atoms with Crippen LogP contribution in [-0.4, -0.2) is 17.3 Å². The highest BCUT2D eigenvalue weighted by Crippen LogP contribution is 2.25. The topological polar surface area (TPSA) is 32.3 Å². The molecule has 0 spiro atoms. The zero-order valence-corrected chi connectivity index (χ0v) is 9.46. The molecule has 2 nitrogen and oxygen atoms in total. The maximum atomic E-state index is 9.75. The first kappa shape index (κ1) is 10.5. The monoisotopic (exact) mass is 205 g/mol. The van der Waals surface area contributed by atoms with E-state index in [9.17, 15) is 5.11 Å². The van der Waals surface area contributed by atoms with Gasteiger partial charge in [0.15, 0.2) is 0 Å². The second kappa shape index (κ2) is 4.23. The van der Waals surface area contributed by atoms with Gasteiger partial charge in [0.1, 0.15) is 0 Å². The van der Waals surface area contributed by atoms with Gasteiger partial charge in [-0.15, -0.1) is 0 Å². The molecule has 2 heteroatoms. The van der Waals surface area contributed by atoms with Crippen LogP contribution in [0.3, 0.4) is 0 Å². The lowest BCUT2D eigenvalue weighted by molar-refractivity contribution is 0.172. The van der Waals surface area contributed by atoms with Gasteiger partial charge >= 0.3 is 0 Å². The molecule has 0 radical (unpaired) electrons. The van der Waals surface area contributed by atoms with Gasteiger partial charge in [0.25, 0.3) is 0 Å². The summed E-state index contributed by atoms with van der Waals surface area (Å²) in [7, 11) is 0. The maximum Gasteiger partial charge on any atom is 0.0741 e. The summed E-state index contributed by atoms with van der Waals surface area (Å²) in [4.78, 5) is 0. The Morgan fingerprint density at radius 3 is 2.73 bits per heavy atom. The molecular formula is C13H19NO. The Morgan fingerprint density at radius 1 is 1.27 bits per heavy atom. The summed E-state index contributed by atoms with van der Waals surface area (Å²) in [5.74, 6) is 0. The highest BCUT2D eigenvalue weighted by Gasteiger charge is 2.25. The normalized spacial score (nSPS) is 25.5. The zero-order valence-electron chi connectivity index (χ0n) is 9.46. The Kier molecular flexibility index (Phi) is 2.96. The molecule has 15 heavy (non-hydrogen) atoms. The molecule has 2 atom stereocenters. The smallest absolute Gasteiger partial charge is 0.0741 e. The van der Waals surface area contributed by atoms with Gasteiger partial charge in [0, 0.05) is 5.69 Å². The molecule has 0 aromatic heterocycles. The number of hydrogen-bond acceptors (Lipinski definition) is 2. The zero-order chi connectivity index (χ0) is 10.8. The van der Waals surface area contributed by atoms with E-state index in [0.717, 1.165) is 19.3 Å². The fourth-order valence-electron chi connectivity index (χ4n) is 2.20. The molecule has 1 aromatic rings. The minimum atomic E-state index is -0.176. The molecule has 2 N–H and O–H groups in total. The van der Waals surface area contributed by atoms with Crippen LogP contribution in [0, 0.1) is 13.8 Å². The highest BCUT2D eigenvalue weighted by atomic mass is 16.3. The number of rotatable bonds is 2. The first-order valence-electron chi connectivity index (χ1n) is 5.68. The molecule has 0 aliphatic heterocycles. The van der Waals surface area contributed by atoms with Crippen LogP contribution in [0.4, 0.5) is 5.69 Å². The van der Waals surface area contributed by atoms with E-state index in [1.165, 1.54) is 16.8 Å².